The van der Waals surface area contributed by atoms with Crippen LogP contribution in [0.5, 0.6) is 11.5 Å². The minimum absolute atomic E-state index is 0.0464. The smallest absolute Gasteiger partial charge is 0.138 e. The zero-order valence-corrected chi connectivity index (χ0v) is 13.4. The summed E-state index contributed by atoms with van der Waals surface area (Å²) in [5.74, 6) is 1.44. The Kier molecular flexibility index (Phi) is 5.59. The highest BCUT2D eigenvalue weighted by Crippen LogP contribution is 2.28. The van der Waals surface area contributed by atoms with Crippen molar-refractivity contribution >= 4 is 28.9 Å². The number of hydrogen-bond donors (Lipinski definition) is 1. The Bertz CT molecular complexity index is 605. The summed E-state index contributed by atoms with van der Waals surface area (Å²) in [7, 11) is 1.65. The zero-order chi connectivity index (χ0) is 15.2. The van der Waals surface area contributed by atoms with E-state index in [1.165, 1.54) is 0 Å². The lowest BCUT2D eigenvalue weighted by molar-refractivity contribution is 0.235. The van der Waals surface area contributed by atoms with Crippen molar-refractivity contribution in [3.8, 4) is 11.5 Å². The van der Waals surface area contributed by atoms with Gasteiger partial charge in [-0.1, -0.05) is 29.3 Å². The van der Waals surface area contributed by atoms with Crippen LogP contribution in [0.3, 0.4) is 0 Å². The lowest BCUT2D eigenvalue weighted by Gasteiger charge is -2.17. The second-order valence-corrected chi connectivity index (χ2v) is 5.46. The molecule has 2 aromatic carbocycles. The van der Waals surface area contributed by atoms with E-state index in [1.54, 1.807) is 25.3 Å². The van der Waals surface area contributed by atoms with E-state index >= 15 is 0 Å². The maximum absolute atomic E-state index is 6.08. The molecular weight excluding hydrogens is 309 g/mol. The standard InChI is InChI=1S/C16H17Cl2NO2/c1-11(21-16-7-6-12(17)8-15(16)18)10-19-13-4-3-5-14(9-13)20-2/h3-9,11,19H,10H2,1-2H3/t11-/m0/s1. The van der Waals surface area contributed by atoms with E-state index in [0.717, 1.165) is 11.4 Å². The van der Waals surface area contributed by atoms with Gasteiger partial charge in [0.15, 0.2) is 0 Å². The molecule has 1 N–H and O–H groups in total. The van der Waals surface area contributed by atoms with Gasteiger partial charge in [-0.2, -0.15) is 0 Å². The fraction of sp³-hybridized carbons (Fsp3) is 0.250. The summed E-state index contributed by atoms with van der Waals surface area (Å²) in [5.41, 5.74) is 0.979. The van der Waals surface area contributed by atoms with Crippen LogP contribution in [0.1, 0.15) is 6.92 Å². The molecule has 0 aromatic heterocycles. The van der Waals surface area contributed by atoms with Gasteiger partial charge in [-0.3, -0.25) is 0 Å². The molecule has 0 radical (unpaired) electrons. The Morgan fingerprint density at radius 1 is 1.14 bits per heavy atom. The molecule has 0 bridgehead atoms. The second-order valence-electron chi connectivity index (χ2n) is 4.62. The number of ether oxygens (including phenoxy) is 2. The van der Waals surface area contributed by atoms with Crippen molar-refractivity contribution in [3.63, 3.8) is 0 Å². The Labute approximate surface area is 134 Å². The summed E-state index contributed by atoms with van der Waals surface area (Å²) in [6, 6.07) is 12.9. The molecule has 0 fully saturated rings. The molecule has 0 aliphatic rings. The summed E-state index contributed by atoms with van der Waals surface area (Å²) < 4.78 is 11.0. The highest BCUT2D eigenvalue weighted by atomic mass is 35.5. The third kappa shape index (κ3) is 4.73. The van der Waals surface area contributed by atoms with Gasteiger partial charge < -0.3 is 14.8 Å². The lowest BCUT2D eigenvalue weighted by Crippen LogP contribution is -2.22. The van der Waals surface area contributed by atoms with E-state index < -0.39 is 0 Å². The van der Waals surface area contributed by atoms with Gasteiger partial charge in [0.25, 0.3) is 0 Å². The van der Waals surface area contributed by atoms with Gasteiger partial charge in [0.2, 0.25) is 0 Å². The molecule has 21 heavy (non-hydrogen) atoms. The van der Waals surface area contributed by atoms with E-state index in [0.29, 0.717) is 22.3 Å². The molecule has 0 saturated carbocycles. The molecular formula is C16H17Cl2NO2. The highest BCUT2D eigenvalue weighted by molar-refractivity contribution is 6.35. The van der Waals surface area contributed by atoms with E-state index in [4.69, 9.17) is 32.7 Å². The van der Waals surface area contributed by atoms with E-state index in [9.17, 15) is 0 Å². The van der Waals surface area contributed by atoms with Crippen molar-refractivity contribution < 1.29 is 9.47 Å². The first-order chi connectivity index (χ1) is 10.1. The molecule has 5 heteroatoms. The fourth-order valence-corrected chi connectivity index (χ4v) is 2.28. The molecule has 0 amide bonds. The minimum Gasteiger partial charge on any atom is -0.497 e. The topological polar surface area (TPSA) is 30.5 Å². The van der Waals surface area contributed by atoms with Crippen LogP contribution in [0.15, 0.2) is 42.5 Å². The Balaban J connectivity index is 1.90. The van der Waals surface area contributed by atoms with Gasteiger partial charge in [-0.05, 0) is 37.3 Å². The number of benzene rings is 2. The molecule has 0 unspecified atom stereocenters. The molecule has 0 heterocycles. The van der Waals surface area contributed by atoms with Crippen molar-refractivity contribution in [1.29, 1.82) is 0 Å². The Hall–Kier alpha value is -1.58. The first-order valence-electron chi connectivity index (χ1n) is 6.58. The first-order valence-corrected chi connectivity index (χ1v) is 7.33. The van der Waals surface area contributed by atoms with Gasteiger partial charge >= 0.3 is 0 Å². The Morgan fingerprint density at radius 3 is 2.67 bits per heavy atom. The second kappa shape index (κ2) is 7.43. The van der Waals surface area contributed by atoms with Gasteiger partial charge in [0, 0.05) is 16.8 Å². The zero-order valence-electron chi connectivity index (χ0n) is 11.9. The number of methoxy groups -OCH3 is 1. The van der Waals surface area contributed by atoms with E-state index in [2.05, 4.69) is 5.32 Å². The van der Waals surface area contributed by atoms with Gasteiger partial charge in [0.1, 0.15) is 17.6 Å². The van der Waals surface area contributed by atoms with Crippen LogP contribution in [0.4, 0.5) is 5.69 Å². The predicted octanol–water partition coefficient (Wildman–Crippen LogP) is 4.88. The number of nitrogens with one attached hydrogen (secondary N) is 1. The molecule has 2 rings (SSSR count). The summed E-state index contributed by atoms with van der Waals surface area (Å²) >= 11 is 11.9. The van der Waals surface area contributed by atoms with Crippen molar-refractivity contribution in [2.24, 2.45) is 0 Å². The van der Waals surface area contributed by atoms with Crippen LogP contribution in [-0.4, -0.2) is 19.8 Å². The van der Waals surface area contributed by atoms with Crippen LogP contribution in [0.2, 0.25) is 10.0 Å². The van der Waals surface area contributed by atoms with E-state index in [1.807, 2.05) is 31.2 Å². The average Bonchev–Trinajstić information content (AvgIpc) is 2.48. The summed E-state index contributed by atoms with van der Waals surface area (Å²) in [4.78, 5) is 0. The molecule has 0 saturated heterocycles. The summed E-state index contributed by atoms with van der Waals surface area (Å²) in [5, 5.41) is 4.40. The molecule has 112 valence electrons. The minimum atomic E-state index is -0.0464. The monoisotopic (exact) mass is 325 g/mol. The fourth-order valence-electron chi connectivity index (χ4n) is 1.82. The largest absolute Gasteiger partial charge is 0.497 e. The number of hydrogen-bond acceptors (Lipinski definition) is 3. The van der Waals surface area contributed by atoms with Crippen molar-refractivity contribution in [3.05, 3.63) is 52.5 Å². The maximum Gasteiger partial charge on any atom is 0.138 e. The molecule has 2 aromatic rings. The van der Waals surface area contributed by atoms with Crippen LogP contribution < -0.4 is 14.8 Å². The average molecular weight is 326 g/mol. The van der Waals surface area contributed by atoms with Gasteiger partial charge in [-0.25, -0.2) is 0 Å². The number of halogens is 2. The number of anilines is 1. The highest BCUT2D eigenvalue weighted by Gasteiger charge is 2.08. The third-order valence-corrected chi connectivity index (χ3v) is 3.42. The van der Waals surface area contributed by atoms with E-state index in [-0.39, 0.29) is 6.10 Å². The molecule has 0 spiro atoms. The molecule has 0 aliphatic heterocycles. The number of rotatable bonds is 6. The van der Waals surface area contributed by atoms with Crippen molar-refractivity contribution in [2.75, 3.05) is 19.0 Å². The SMILES string of the molecule is COc1cccc(NC[C@H](C)Oc2ccc(Cl)cc2Cl)c1. The summed E-state index contributed by atoms with van der Waals surface area (Å²) in [6.45, 7) is 2.62. The van der Waals surface area contributed by atoms with Crippen molar-refractivity contribution in [2.45, 2.75) is 13.0 Å². The quantitative estimate of drug-likeness (QED) is 0.820. The maximum atomic E-state index is 6.08. The molecule has 3 nitrogen and oxygen atoms in total. The summed E-state index contributed by atoms with van der Waals surface area (Å²) in [6.07, 6.45) is -0.0464. The van der Waals surface area contributed by atoms with Crippen LogP contribution in [0.25, 0.3) is 0 Å². The van der Waals surface area contributed by atoms with Gasteiger partial charge in [-0.15, -0.1) is 0 Å². The van der Waals surface area contributed by atoms with Crippen molar-refractivity contribution in [1.82, 2.24) is 0 Å². The van der Waals surface area contributed by atoms with Crippen LogP contribution in [0, 0.1) is 0 Å². The normalized spacial score (nSPS) is 11.8. The Morgan fingerprint density at radius 2 is 1.95 bits per heavy atom. The van der Waals surface area contributed by atoms with Crippen LogP contribution in [-0.2, 0) is 0 Å². The molecule has 1 atom stereocenters. The molecule has 0 aliphatic carbocycles. The first kappa shape index (κ1) is 15.8. The predicted molar refractivity (Wildman–Crippen MR) is 88.0 cm³/mol. The van der Waals surface area contributed by atoms with Gasteiger partial charge in [0.05, 0.1) is 18.7 Å². The van der Waals surface area contributed by atoms with Crippen LogP contribution >= 0.6 is 23.2 Å². The third-order valence-electron chi connectivity index (χ3n) is 2.89. The lowest BCUT2D eigenvalue weighted by atomic mass is 10.3.